The third-order valence-electron chi connectivity index (χ3n) is 4.72. The highest BCUT2D eigenvalue weighted by molar-refractivity contribution is 5.97. The van der Waals surface area contributed by atoms with Crippen molar-refractivity contribution in [2.45, 2.75) is 26.4 Å². The summed E-state index contributed by atoms with van der Waals surface area (Å²) >= 11 is 0. The summed E-state index contributed by atoms with van der Waals surface area (Å²) < 4.78 is 1.40. The number of nitrogens with zero attached hydrogens (tertiary/aromatic N) is 2. The Hall–Kier alpha value is -3.15. The predicted octanol–water partition coefficient (Wildman–Crippen LogP) is 2.54. The zero-order chi connectivity index (χ0) is 18.8. The van der Waals surface area contributed by atoms with Gasteiger partial charge in [0.15, 0.2) is 0 Å². The molecule has 0 fully saturated rings. The number of nitrogens with one attached hydrogen (secondary N) is 1. The molecule has 0 aliphatic heterocycles. The number of aryl methyl sites for hydroxylation is 1. The minimum absolute atomic E-state index is 0.0944. The number of benzene rings is 2. The van der Waals surface area contributed by atoms with Crippen LogP contribution in [0, 0.1) is 0 Å². The van der Waals surface area contributed by atoms with E-state index in [2.05, 4.69) is 4.98 Å². The fourth-order valence-corrected chi connectivity index (χ4v) is 3.06. The van der Waals surface area contributed by atoms with Gasteiger partial charge >= 0.3 is 11.1 Å². The number of carbonyl (C=O) groups excluding carboxylic acids is 1. The second-order valence-electron chi connectivity index (χ2n) is 6.24. The number of aromatic amines is 1. The Labute approximate surface area is 150 Å². The molecule has 1 heterocycles. The first-order valence-electron chi connectivity index (χ1n) is 8.53. The molecule has 1 amide bonds. The molecule has 0 aliphatic rings. The molecule has 1 atom stereocenters. The number of carbonyl (C=O) groups is 1. The Balaban J connectivity index is 2.00. The minimum atomic E-state index is -0.685. The topological polar surface area (TPSA) is 75.2 Å². The first-order valence-corrected chi connectivity index (χ1v) is 8.53. The molecule has 1 N–H and O–H groups in total. The van der Waals surface area contributed by atoms with Gasteiger partial charge in [-0.3, -0.25) is 14.4 Å². The van der Waals surface area contributed by atoms with Crippen LogP contribution in [0.5, 0.6) is 0 Å². The molecule has 6 heteroatoms. The first kappa shape index (κ1) is 17.7. The third-order valence-corrected chi connectivity index (χ3v) is 4.72. The molecule has 3 aromatic rings. The van der Waals surface area contributed by atoms with Crippen LogP contribution in [0.1, 0.15) is 35.8 Å². The average molecular weight is 351 g/mol. The molecule has 0 unspecified atom stereocenters. The summed E-state index contributed by atoms with van der Waals surface area (Å²) in [5.74, 6) is -0.154. The van der Waals surface area contributed by atoms with Crippen LogP contribution in [0.3, 0.4) is 0 Å². The number of hydrogen-bond acceptors (Lipinski definition) is 3. The normalized spacial score (nSPS) is 12.1. The maximum Gasteiger partial charge on any atom is 0.316 e. The van der Waals surface area contributed by atoms with Crippen molar-refractivity contribution in [3.63, 3.8) is 0 Å². The molecular formula is C20H21N3O3. The van der Waals surface area contributed by atoms with Gasteiger partial charge in [0.25, 0.3) is 5.91 Å². The van der Waals surface area contributed by atoms with Gasteiger partial charge in [-0.05, 0) is 37.6 Å². The van der Waals surface area contributed by atoms with Crippen molar-refractivity contribution in [3.8, 4) is 0 Å². The van der Waals surface area contributed by atoms with Crippen LogP contribution in [0.4, 0.5) is 0 Å². The van der Waals surface area contributed by atoms with E-state index in [0.717, 1.165) is 5.56 Å². The summed E-state index contributed by atoms with van der Waals surface area (Å²) in [7, 11) is 1.75. The van der Waals surface area contributed by atoms with E-state index in [9.17, 15) is 14.4 Å². The Kier molecular flexibility index (Phi) is 4.75. The smallest absolute Gasteiger partial charge is 0.316 e. The highest BCUT2D eigenvalue weighted by atomic mass is 16.2. The van der Waals surface area contributed by atoms with E-state index in [0.29, 0.717) is 23.1 Å². The van der Waals surface area contributed by atoms with E-state index in [1.165, 1.54) is 4.57 Å². The molecule has 1 aromatic heterocycles. The summed E-state index contributed by atoms with van der Waals surface area (Å²) in [4.78, 5) is 40.9. The lowest BCUT2D eigenvalue weighted by Gasteiger charge is -2.25. The molecule has 0 bridgehead atoms. The van der Waals surface area contributed by atoms with Gasteiger partial charge in [0.05, 0.1) is 17.1 Å². The van der Waals surface area contributed by atoms with E-state index in [4.69, 9.17) is 0 Å². The van der Waals surface area contributed by atoms with Gasteiger partial charge < -0.3 is 14.5 Å². The standard InChI is InChI=1S/C20H21N3O3/c1-4-23-17-11-10-15(12-16(17)21-18(24)20(23)26)19(25)22(3)13(2)14-8-6-5-7-9-14/h5-13H,4H2,1-3H3,(H,21,24)/t13-/m0/s1. The van der Waals surface area contributed by atoms with Crippen molar-refractivity contribution in [3.05, 3.63) is 80.4 Å². The zero-order valence-electron chi connectivity index (χ0n) is 15.0. The number of fused-ring (bicyclic) bond motifs is 1. The van der Waals surface area contributed by atoms with Crippen molar-refractivity contribution in [2.75, 3.05) is 7.05 Å². The predicted molar refractivity (Wildman–Crippen MR) is 101 cm³/mol. The second kappa shape index (κ2) is 7.00. The van der Waals surface area contributed by atoms with E-state index in [1.54, 1.807) is 37.1 Å². The SMILES string of the molecule is CCn1c(=O)c(=O)[nH]c2cc(C(=O)N(C)[C@@H](C)c3ccccc3)ccc21. The molecule has 2 aromatic carbocycles. The lowest BCUT2D eigenvalue weighted by atomic mass is 10.1. The number of aromatic nitrogens is 2. The monoisotopic (exact) mass is 351 g/mol. The quantitative estimate of drug-likeness (QED) is 0.734. The zero-order valence-corrected chi connectivity index (χ0v) is 15.0. The summed E-state index contributed by atoms with van der Waals surface area (Å²) in [5, 5.41) is 0. The van der Waals surface area contributed by atoms with Gasteiger partial charge in [-0.15, -0.1) is 0 Å². The lowest BCUT2D eigenvalue weighted by molar-refractivity contribution is 0.0743. The summed E-state index contributed by atoms with van der Waals surface area (Å²) in [6.07, 6.45) is 0. The van der Waals surface area contributed by atoms with Gasteiger partial charge in [0.1, 0.15) is 0 Å². The Morgan fingerprint density at radius 2 is 1.85 bits per heavy atom. The first-order chi connectivity index (χ1) is 12.4. The molecule has 0 saturated carbocycles. The van der Waals surface area contributed by atoms with Gasteiger partial charge in [0, 0.05) is 19.2 Å². The summed E-state index contributed by atoms with van der Waals surface area (Å²) in [5.41, 5.74) is 1.30. The maximum atomic E-state index is 12.9. The van der Waals surface area contributed by atoms with Crippen LogP contribution in [0.15, 0.2) is 58.1 Å². The van der Waals surface area contributed by atoms with E-state index in [1.807, 2.05) is 37.3 Å². The minimum Gasteiger partial charge on any atom is -0.335 e. The molecule has 3 rings (SSSR count). The Bertz CT molecular complexity index is 1070. The molecule has 26 heavy (non-hydrogen) atoms. The Morgan fingerprint density at radius 3 is 2.50 bits per heavy atom. The highest BCUT2D eigenvalue weighted by Gasteiger charge is 2.19. The van der Waals surface area contributed by atoms with Crippen LogP contribution in [-0.2, 0) is 6.54 Å². The molecule has 0 saturated heterocycles. The van der Waals surface area contributed by atoms with Crippen molar-refractivity contribution in [1.82, 2.24) is 14.5 Å². The molecule has 0 aliphatic carbocycles. The van der Waals surface area contributed by atoms with Crippen LogP contribution in [0.25, 0.3) is 11.0 Å². The maximum absolute atomic E-state index is 12.9. The highest BCUT2D eigenvalue weighted by Crippen LogP contribution is 2.21. The fraction of sp³-hybridized carbons (Fsp3) is 0.250. The van der Waals surface area contributed by atoms with Gasteiger partial charge in [-0.2, -0.15) is 0 Å². The molecule has 0 radical (unpaired) electrons. The summed E-state index contributed by atoms with van der Waals surface area (Å²) in [6.45, 7) is 4.15. The molecule has 134 valence electrons. The number of H-pyrrole nitrogens is 1. The van der Waals surface area contributed by atoms with E-state index < -0.39 is 11.1 Å². The fourth-order valence-electron chi connectivity index (χ4n) is 3.06. The number of rotatable bonds is 4. The largest absolute Gasteiger partial charge is 0.335 e. The van der Waals surface area contributed by atoms with Gasteiger partial charge in [0.2, 0.25) is 0 Å². The van der Waals surface area contributed by atoms with Crippen molar-refractivity contribution < 1.29 is 4.79 Å². The summed E-state index contributed by atoms with van der Waals surface area (Å²) in [6, 6.07) is 14.7. The second-order valence-corrected chi connectivity index (χ2v) is 6.24. The number of amides is 1. The van der Waals surface area contributed by atoms with Gasteiger partial charge in [-0.1, -0.05) is 30.3 Å². The van der Waals surface area contributed by atoms with E-state index in [-0.39, 0.29) is 11.9 Å². The molecule has 6 nitrogen and oxygen atoms in total. The van der Waals surface area contributed by atoms with Crippen molar-refractivity contribution in [1.29, 1.82) is 0 Å². The van der Waals surface area contributed by atoms with Gasteiger partial charge in [-0.25, -0.2) is 0 Å². The Morgan fingerprint density at radius 1 is 1.15 bits per heavy atom. The molecular weight excluding hydrogens is 330 g/mol. The third kappa shape index (κ3) is 3.06. The van der Waals surface area contributed by atoms with Crippen LogP contribution in [-0.4, -0.2) is 27.4 Å². The van der Waals surface area contributed by atoms with Crippen LogP contribution in [0.2, 0.25) is 0 Å². The van der Waals surface area contributed by atoms with Crippen molar-refractivity contribution >= 4 is 16.9 Å². The lowest BCUT2D eigenvalue weighted by Crippen LogP contribution is -2.36. The molecule has 0 spiro atoms. The van der Waals surface area contributed by atoms with E-state index >= 15 is 0 Å². The number of hydrogen-bond donors (Lipinski definition) is 1. The van der Waals surface area contributed by atoms with Crippen LogP contribution < -0.4 is 11.1 Å². The van der Waals surface area contributed by atoms with Crippen molar-refractivity contribution in [2.24, 2.45) is 0 Å². The van der Waals surface area contributed by atoms with Crippen LogP contribution >= 0.6 is 0 Å². The average Bonchev–Trinajstić information content (AvgIpc) is 2.67.